The number of nitrogens with zero attached hydrogens (tertiary/aromatic N) is 5. The molecule has 0 fully saturated rings. The summed E-state index contributed by atoms with van der Waals surface area (Å²) in [4.78, 5) is 15.2. The van der Waals surface area contributed by atoms with Crippen LogP contribution in [0, 0.1) is 0 Å². The highest BCUT2D eigenvalue weighted by Crippen LogP contribution is 2.28. The molecule has 0 aliphatic rings. The summed E-state index contributed by atoms with van der Waals surface area (Å²) in [6, 6.07) is 4.38. The highest BCUT2D eigenvalue weighted by atomic mass is 19.4. The Labute approximate surface area is 127 Å². The molecule has 23 heavy (non-hydrogen) atoms. The van der Waals surface area contributed by atoms with Crippen molar-refractivity contribution >= 4 is 0 Å². The molecule has 0 saturated carbocycles. The Morgan fingerprint density at radius 3 is 2.65 bits per heavy atom. The van der Waals surface area contributed by atoms with E-state index in [4.69, 9.17) is 0 Å². The van der Waals surface area contributed by atoms with E-state index in [1.165, 1.54) is 16.8 Å². The van der Waals surface area contributed by atoms with Gasteiger partial charge in [0, 0.05) is 36.8 Å². The van der Waals surface area contributed by atoms with Crippen molar-refractivity contribution in [3.05, 3.63) is 53.0 Å². The van der Waals surface area contributed by atoms with Crippen LogP contribution in [0.25, 0.3) is 11.4 Å². The van der Waals surface area contributed by atoms with Gasteiger partial charge in [0.1, 0.15) is 0 Å². The molecule has 0 aliphatic carbocycles. The van der Waals surface area contributed by atoms with Gasteiger partial charge in [-0.3, -0.25) is 9.48 Å². The van der Waals surface area contributed by atoms with Crippen LogP contribution in [0.15, 0.2) is 46.1 Å². The molecule has 0 atom stereocenters. The maximum Gasteiger partial charge on any atom is 0.471 e. The molecule has 3 heterocycles. The van der Waals surface area contributed by atoms with E-state index in [9.17, 15) is 18.0 Å². The maximum absolute atomic E-state index is 12.4. The van der Waals surface area contributed by atoms with E-state index in [0.29, 0.717) is 13.1 Å². The molecule has 0 saturated heterocycles. The Balaban J connectivity index is 1.79. The third kappa shape index (κ3) is 3.30. The predicted octanol–water partition coefficient (Wildman–Crippen LogP) is 1.81. The van der Waals surface area contributed by atoms with Crippen molar-refractivity contribution in [2.45, 2.75) is 19.3 Å². The second kappa shape index (κ2) is 5.71. The fraction of sp³-hybridized carbons (Fsp3) is 0.231. The average Bonchev–Trinajstić information content (AvgIpc) is 3.17. The minimum Gasteiger partial charge on any atom is -0.329 e. The van der Waals surface area contributed by atoms with Crippen molar-refractivity contribution in [1.82, 2.24) is 24.5 Å². The molecule has 0 spiro atoms. The molecule has 0 bridgehead atoms. The van der Waals surface area contributed by atoms with Gasteiger partial charge in [-0.15, -0.1) is 0 Å². The van der Waals surface area contributed by atoms with Crippen LogP contribution in [0.1, 0.15) is 5.89 Å². The Hall–Kier alpha value is -2.91. The van der Waals surface area contributed by atoms with Crippen LogP contribution in [0.3, 0.4) is 0 Å². The summed E-state index contributed by atoms with van der Waals surface area (Å²) in [6.45, 7) is 0.869. The topological polar surface area (TPSA) is 78.7 Å². The number of alkyl halides is 3. The van der Waals surface area contributed by atoms with Crippen LogP contribution in [0.2, 0.25) is 0 Å². The normalized spacial score (nSPS) is 11.8. The summed E-state index contributed by atoms with van der Waals surface area (Å²) >= 11 is 0. The third-order valence-corrected chi connectivity index (χ3v) is 3.05. The summed E-state index contributed by atoms with van der Waals surface area (Å²) in [5.74, 6) is -1.73. The van der Waals surface area contributed by atoms with Crippen molar-refractivity contribution in [1.29, 1.82) is 0 Å². The zero-order valence-corrected chi connectivity index (χ0v) is 11.6. The molecule has 0 aliphatic heterocycles. The lowest BCUT2D eigenvalue weighted by Crippen LogP contribution is -2.21. The first-order chi connectivity index (χ1) is 10.9. The number of rotatable bonds is 4. The molecular formula is C13H10F3N5O2. The zero-order valence-electron chi connectivity index (χ0n) is 11.6. The molecule has 0 aromatic carbocycles. The standard InChI is InChI=1S/C13H10F3N5O2/c14-13(15,16)12-18-11(19-23-12)9-2-5-20(10(22)8-9)6-7-21-4-1-3-17-21/h1-5,8H,6-7H2. The number of aryl methyl sites for hydroxylation is 2. The summed E-state index contributed by atoms with van der Waals surface area (Å²) in [5, 5.41) is 7.26. The van der Waals surface area contributed by atoms with Gasteiger partial charge in [-0.2, -0.15) is 23.3 Å². The molecule has 3 rings (SSSR count). The molecule has 10 heteroatoms. The molecule has 0 radical (unpaired) electrons. The van der Waals surface area contributed by atoms with E-state index < -0.39 is 12.1 Å². The molecule has 120 valence electrons. The predicted molar refractivity (Wildman–Crippen MR) is 71.2 cm³/mol. The van der Waals surface area contributed by atoms with E-state index in [2.05, 4.69) is 19.8 Å². The van der Waals surface area contributed by atoms with Gasteiger partial charge in [0.25, 0.3) is 5.56 Å². The molecule has 0 unspecified atom stereocenters. The third-order valence-electron chi connectivity index (χ3n) is 3.05. The first-order valence-corrected chi connectivity index (χ1v) is 6.53. The first kappa shape index (κ1) is 15.0. The van der Waals surface area contributed by atoms with Crippen LogP contribution >= 0.6 is 0 Å². The minimum atomic E-state index is -4.72. The van der Waals surface area contributed by atoms with Crippen molar-refractivity contribution in [2.24, 2.45) is 0 Å². The highest BCUT2D eigenvalue weighted by Gasteiger charge is 2.38. The fourth-order valence-corrected chi connectivity index (χ4v) is 1.93. The van der Waals surface area contributed by atoms with Crippen molar-refractivity contribution < 1.29 is 17.7 Å². The Morgan fingerprint density at radius 1 is 1.22 bits per heavy atom. The van der Waals surface area contributed by atoms with Crippen LogP contribution in [0.5, 0.6) is 0 Å². The number of hydrogen-bond donors (Lipinski definition) is 0. The average molecular weight is 325 g/mol. The molecule has 7 nitrogen and oxygen atoms in total. The molecule has 3 aromatic heterocycles. The number of pyridine rings is 1. The lowest BCUT2D eigenvalue weighted by molar-refractivity contribution is -0.159. The molecule has 0 N–H and O–H groups in total. The largest absolute Gasteiger partial charge is 0.471 e. The van der Waals surface area contributed by atoms with E-state index in [1.807, 2.05) is 0 Å². The second-order valence-corrected chi connectivity index (χ2v) is 4.64. The summed E-state index contributed by atoms with van der Waals surface area (Å²) in [7, 11) is 0. The lowest BCUT2D eigenvalue weighted by Gasteiger charge is -2.06. The second-order valence-electron chi connectivity index (χ2n) is 4.64. The first-order valence-electron chi connectivity index (χ1n) is 6.53. The van der Waals surface area contributed by atoms with Crippen molar-refractivity contribution in [2.75, 3.05) is 0 Å². The van der Waals surface area contributed by atoms with E-state index in [0.717, 1.165) is 6.07 Å². The molecular weight excluding hydrogens is 315 g/mol. The summed E-state index contributed by atoms with van der Waals surface area (Å²) < 4.78 is 44.5. The van der Waals surface area contributed by atoms with Gasteiger partial charge >= 0.3 is 12.1 Å². The molecule has 3 aromatic rings. The van der Waals surface area contributed by atoms with Crippen LogP contribution in [-0.2, 0) is 19.3 Å². The van der Waals surface area contributed by atoms with E-state index in [1.54, 1.807) is 23.1 Å². The fourth-order valence-electron chi connectivity index (χ4n) is 1.93. The Bertz CT molecular complexity index is 851. The number of hydrogen-bond acceptors (Lipinski definition) is 5. The Kier molecular flexibility index (Phi) is 3.72. The van der Waals surface area contributed by atoms with E-state index >= 15 is 0 Å². The van der Waals surface area contributed by atoms with Crippen molar-refractivity contribution in [3.8, 4) is 11.4 Å². The van der Waals surface area contributed by atoms with Gasteiger partial charge in [0.15, 0.2) is 0 Å². The van der Waals surface area contributed by atoms with Gasteiger partial charge in [0.2, 0.25) is 5.82 Å². The van der Waals surface area contributed by atoms with Crippen molar-refractivity contribution in [3.63, 3.8) is 0 Å². The van der Waals surface area contributed by atoms with Gasteiger partial charge in [-0.05, 0) is 12.1 Å². The minimum absolute atomic E-state index is 0.157. The van der Waals surface area contributed by atoms with E-state index in [-0.39, 0.29) is 16.9 Å². The highest BCUT2D eigenvalue weighted by molar-refractivity contribution is 5.52. The van der Waals surface area contributed by atoms with Gasteiger partial charge < -0.3 is 9.09 Å². The lowest BCUT2D eigenvalue weighted by atomic mass is 10.2. The number of aromatic nitrogens is 5. The number of halogens is 3. The van der Waals surface area contributed by atoms with Crippen LogP contribution in [0.4, 0.5) is 13.2 Å². The van der Waals surface area contributed by atoms with Crippen LogP contribution in [-0.4, -0.2) is 24.5 Å². The summed E-state index contributed by atoms with van der Waals surface area (Å²) in [5.41, 5.74) is -0.224. The maximum atomic E-state index is 12.4. The van der Waals surface area contributed by atoms with Gasteiger partial charge in [0.05, 0.1) is 6.54 Å². The van der Waals surface area contributed by atoms with Gasteiger partial charge in [-0.1, -0.05) is 5.16 Å². The summed E-state index contributed by atoms with van der Waals surface area (Å²) in [6.07, 6.45) is 0.131. The smallest absolute Gasteiger partial charge is 0.329 e. The SMILES string of the molecule is O=c1cc(-c2noc(C(F)(F)F)n2)ccn1CCn1cccn1. The van der Waals surface area contributed by atoms with Gasteiger partial charge in [-0.25, -0.2) is 0 Å². The zero-order chi connectivity index (χ0) is 16.4. The molecule has 0 amide bonds. The van der Waals surface area contributed by atoms with Crippen LogP contribution < -0.4 is 5.56 Å². The monoisotopic (exact) mass is 325 g/mol. The Morgan fingerprint density at radius 2 is 2.04 bits per heavy atom. The quantitative estimate of drug-likeness (QED) is 0.731.